The SMILES string of the molecule is COc1ccc(CCC(=O)N2CC[C@H]3CNC[C@H]32)cc1. The topological polar surface area (TPSA) is 41.6 Å². The summed E-state index contributed by atoms with van der Waals surface area (Å²) in [6.45, 7) is 2.99. The van der Waals surface area contributed by atoms with Gasteiger partial charge in [-0.3, -0.25) is 4.79 Å². The van der Waals surface area contributed by atoms with Crippen LogP contribution in [-0.2, 0) is 11.2 Å². The van der Waals surface area contributed by atoms with E-state index in [4.69, 9.17) is 4.74 Å². The largest absolute Gasteiger partial charge is 0.497 e. The number of nitrogens with zero attached hydrogens (tertiary/aromatic N) is 1. The number of hydrogen-bond acceptors (Lipinski definition) is 3. The quantitative estimate of drug-likeness (QED) is 0.903. The van der Waals surface area contributed by atoms with Crippen molar-refractivity contribution in [3.05, 3.63) is 29.8 Å². The predicted molar refractivity (Wildman–Crippen MR) is 77.8 cm³/mol. The van der Waals surface area contributed by atoms with Gasteiger partial charge in [0.2, 0.25) is 5.91 Å². The monoisotopic (exact) mass is 274 g/mol. The Morgan fingerprint density at radius 1 is 1.35 bits per heavy atom. The van der Waals surface area contributed by atoms with Crippen LogP contribution in [0.15, 0.2) is 24.3 Å². The molecule has 3 rings (SSSR count). The van der Waals surface area contributed by atoms with Gasteiger partial charge in [-0.25, -0.2) is 0 Å². The zero-order chi connectivity index (χ0) is 13.9. The van der Waals surface area contributed by atoms with Gasteiger partial charge in [0.25, 0.3) is 0 Å². The lowest BCUT2D eigenvalue weighted by atomic mass is 10.0. The van der Waals surface area contributed by atoms with Crippen LogP contribution >= 0.6 is 0 Å². The Morgan fingerprint density at radius 2 is 2.15 bits per heavy atom. The lowest BCUT2D eigenvalue weighted by Crippen LogP contribution is -2.39. The summed E-state index contributed by atoms with van der Waals surface area (Å²) >= 11 is 0. The second-order valence-corrected chi connectivity index (χ2v) is 5.71. The molecule has 0 spiro atoms. The van der Waals surface area contributed by atoms with Gasteiger partial charge in [0, 0.05) is 32.1 Å². The lowest BCUT2D eigenvalue weighted by molar-refractivity contribution is -0.131. The molecule has 2 heterocycles. The zero-order valence-electron chi connectivity index (χ0n) is 12.0. The van der Waals surface area contributed by atoms with E-state index in [1.54, 1.807) is 7.11 Å². The molecule has 0 radical (unpaired) electrons. The van der Waals surface area contributed by atoms with Crippen molar-refractivity contribution in [2.45, 2.75) is 25.3 Å². The maximum atomic E-state index is 12.4. The van der Waals surface area contributed by atoms with Crippen molar-refractivity contribution in [3.63, 3.8) is 0 Å². The van der Waals surface area contributed by atoms with E-state index >= 15 is 0 Å². The Labute approximate surface area is 120 Å². The van der Waals surface area contributed by atoms with Gasteiger partial charge in [-0.1, -0.05) is 12.1 Å². The molecule has 1 aromatic carbocycles. The Balaban J connectivity index is 1.53. The molecule has 0 unspecified atom stereocenters. The predicted octanol–water partition coefficient (Wildman–Crippen LogP) is 1.45. The third kappa shape index (κ3) is 2.66. The van der Waals surface area contributed by atoms with Crippen LogP contribution in [-0.4, -0.2) is 43.6 Å². The Hall–Kier alpha value is -1.55. The Morgan fingerprint density at radius 3 is 2.90 bits per heavy atom. The molecule has 20 heavy (non-hydrogen) atoms. The van der Waals surface area contributed by atoms with E-state index in [9.17, 15) is 4.79 Å². The van der Waals surface area contributed by atoms with Gasteiger partial charge < -0.3 is 15.0 Å². The van der Waals surface area contributed by atoms with Crippen molar-refractivity contribution in [3.8, 4) is 5.75 Å². The van der Waals surface area contributed by atoms with Gasteiger partial charge in [0.05, 0.1) is 7.11 Å². The van der Waals surface area contributed by atoms with E-state index in [0.717, 1.165) is 38.2 Å². The number of benzene rings is 1. The van der Waals surface area contributed by atoms with Gasteiger partial charge >= 0.3 is 0 Å². The highest BCUT2D eigenvalue weighted by atomic mass is 16.5. The van der Waals surface area contributed by atoms with Crippen LogP contribution in [0.2, 0.25) is 0 Å². The van der Waals surface area contributed by atoms with Crippen molar-refractivity contribution in [1.82, 2.24) is 10.2 Å². The van der Waals surface area contributed by atoms with Crippen LogP contribution in [0, 0.1) is 5.92 Å². The van der Waals surface area contributed by atoms with Crippen molar-refractivity contribution in [1.29, 1.82) is 0 Å². The summed E-state index contributed by atoms with van der Waals surface area (Å²) in [4.78, 5) is 14.4. The zero-order valence-corrected chi connectivity index (χ0v) is 12.0. The van der Waals surface area contributed by atoms with Gasteiger partial charge in [0.1, 0.15) is 5.75 Å². The Bertz CT molecular complexity index is 472. The first-order valence-electron chi connectivity index (χ1n) is 7.41. The number of methoxy groups -OCH3 is 1. The van der Waals surface area contributed by atoms with Gasteiger partial charge in [-0.05, 0) is 36.5 Å². The first-order chi connectivity index (χ1) is 9.78. The van der Waals surface area contributed by atoms with Gasteiger partial charge in [-0.15, -0.1) is 0 Å². The summed E-state index contributed by atoms with van der Waals surface area (Å²) in [6.07, 6.45) is 2.58. The minimum Gasteiger partial charge on any atom is -0.497 e. The molecule has 2 aliphatic heterocycles. The second-order valence-electron chi connectivity index (χ2n) is 5.71. The number of ether oxygens (including phenoxy) is 1. The summed E-state index contributed by atoms with van der Waals surface area (Å²) in [5.41, 5.74) is 1.19. The van der Waals surface area contributed by atoms with E-state index in [1.807, 2.05) is 24.3 Å². The summed E-state index contributed by atoms with van der Waals surface area (Å²) in [6, 6.07) is 8.42. The summed E-state index contributed by atoms with van der Waals surface area (Å²) in [7, 11) is 1.66. The third-order valence-electron chi connectivity index (χ3n) is 4.55. The van der Waals surface area contributed by atoms with E-state index in [0.29, 0.717) is 24.3 Å². The van der Waals surface area contributed by atoms with Crippen LogP contribution in [0.5, 0.6) is 5.75 Å². The van der Waals surface area contributed by atoms with E-state index in [2.05, 4.69) is 10.2 Å². The van der Waals surface area contributed by atoms with Crippen LogP contribution in [0.4, 0.5) is 0 Å². The fourth-order valence-electron chi connectivity index (χ4n) is 3.35. The standard InChI is InChI=1S/C16H22N2O2/c1-20-14-5-2-12(3-6-14)4-7-16(19)18-9-8-13-10-17-11-15(13)18/h2-3,5-6,13,15,17H,4,7-11H2,1H3/t13-,15+/m0/s1. The van der Waals surface area contributed by atoms with E-state index < -0.39 is 0 Å². The minimum atomic E-state index is 0.303. The summed E-state index contributed by atoms with van der Waals surface area (Å²) in [5.74, 6) is 1.84. The fourth-order valence-corrected chi connectivity index (χ4v) is 3.35. The highest BCUT2D eigenvalue weighted by Crippen LogP contribution is 2.27. The van der Waals surface area contributed by atoms with Crippen molar-refractivity contribution < 1.29 is 9.53 Å². The molecule has 2 fully saturated rings. The number of hydrogen-bond donors (Lipinski definition) is 1. The lowest BCUT2D eigenvalue weighted by Gasteiger charge is -2.23. The average molecular weight is 274 g/mol. The van der Waals surface area contributed by atoms with Crippen molar-refractivity contribution >= 4 is 5.91 Å². The van der Waals surface area contributed by atoms with Crippen LogP contribution in [0.1, 0.15) is 18.4 Å². The van der Waals surface area contributed by atoms with E-state index in [-0.39, 0.29) is 0 Å². The molecule has 0 aromatic heterocycles. The molecule has 2 aliphatic rings. The number of amides is 1. The second kappa shape index (κ2) is 5.83. The summed E-state index contributed by atoms with van der Waals surface area (Å²) in [5, 5.41) is 3.39. The smallest absolute Gasteiger partial charge is 0.223 e. The molecule has 108 valence electrons. The number of nitrogens with one attached hydrogen (secondary N) is 1. The molecule has 1 N–H and O–H groups in total. The van der Waals surface area contributed by atoms with Crippen molar-refractivity contribution in [2.75, 3.05) is 26.7 Å². The Kier molecular flexibility index (Phi) is 3.92. The maximum absolute atomic E-state index is 12.4. The van der Waals surface area contributed by atoms with Crippen molar-refractivity contribution in [2.24, 2.45) is 5.92 Å². The first-order valence-corrected chi connectivity index (χ1v) is 7.41. The highest BCUT2D eigenvalue weighted by Gasteiger charge is 2.39. The van der Waals surface area contributed by atoms with Crippen LogP contribution in [0.3, 0.4) is 0 Å². The van der Waals surface area contributed by atoms with Gasteiger partial charge in [0.15, 0.2) is 0 Å². The van der Waals surface area contributed by atoms with Gasteiger partial charge in [-0.2, -0.15) is 0 Å². The molecular formula is C16H22N2O2. The normalized spacial score (nSPS) is 24.8. The van der Waals surface area contributed by atoms with E-state index in [1.165, 1.54) is 5.56 Å². The van der Waals surface area contributed by atoms with Crippen LogP contribution in [0.25, 0.3) is 0 Å². The first kappa shape index (κ1) is 13.4. The molecule has 4 nitrogen and oxygen atoms in total. The molecule has 2 saturated heterocycles. The molecule has 4 heteroatoms. The average Bonchev–Trinajstić information content (AvgIpc) is 3.08. The molecule has 0 aliphatic carbocycles. The minimum absolute atomic E-state index is 0.303. The third-order valence-corrected chi connectivity index (χ3v) is 4.55. The number of likely N-dealkylation sites (tertiary alicyclic amines) is 1. The molecule has 2 atom stereocenters. The fraction of sp³-hybridized carbons (Fsp3) is 0.562. The molecule has 1 amide bonds. The molecule has 0 saturated carbocycles. The number of aryl methyl sites for hydroxylation is 1. The molecular weight excluding hydrogens is 252 g/mol. The number of rotatable bonds is 4. The molecule has 0 bridgehead atoms. The number of fused-ring (bicyclic) bond motifs is 1. The number of carbonyl (C=O) groups is 1. The molecule has 1 aromatic rings. The van der Waals surface area contributed by atoms with Crippen LogP contribution < -0.4 is 10.1 Å². The highest BCUT2D eigenvalue weighted by molar-refractivity contribution is 5.77. The maximum Gasteiger partial charge on any atom is 0.223 e. The summed E-state index contributed by atoms with van der Waals surface area (Å²) < 4.78 is 5.14. The number of carbonyl (C=O) groups excluding carboxylic acids is 1.